The Morgan fingerprint density at radius 1 is 0.927 bits per heavy atom. The zero-order valence-electron chi connectivity index (χ0n) is 24.4. The largest absolute Gasteiger partial charge is 0.467 e. The highest BCUT2D eigenvalue weighted by Gasteiger charge is 2.47. The molecule has 1 fully saturated rings. The van der Waals surface area contributed by atoms with Gasteiger partial charge in [0.05, 0.1) is 39.6 Å². The molecule has 0 spiro atoms. The van der Waals surface area contributed by atoms with Crippen LogP contribution < -0.4 is 5.32 Å². The van der Waals surface area contributed by atoms with Crippen LogP contribution in [0.1, 0.15) is 45.2 Å². The lowest BCUT2D eigenvalue weighted by Crippen LogP contribution is -2.47. The lowest BCUT2D eigenvalue weighted by Gasteiger charge is -2.25. The molecule has 0 unspecified atom stereocenters. The number of nitrogens with one attached hydrogen (secondary N) is 1. The van der Waals surface area contributed by atoms with E-state index in [1.54, 1.807) is 20.8 Å². The van der Waals surface area contributed by atoms with Crippen LogP contribution >= 0.6 is 0 Å². The van der Waals surface area contributed by atoms with Gasteiger partial charge in [-0.25, -0.2) is 9.59 Å². The first-order valence-electron chi connectivity index (χ1n) is 13.7. The second-order valence-electron chi connectivity index (χ2n) is 10.9. The molecule has 3 rings (SSSR count). The van der Waals surface area contributed by atoms with Gasteiger partial charge in [-0.2, -0.15) is 0 Å². The van der Waals surface area contributed by atoms with Gasteiger partial charge < -0.3 is 38.5 Å². The van der Waals surface area contributed by atoms with Crippen LogP contribution in [0.5, 0.6) is 0 Å². The van der Waals surface area contributed by atoms with Crippen molar-refractivity contribution in [3.05, 3.63) is 71.8 Å². The number of carbonyl (C=O) groups is 3. The predicted octanol–water partition coefficient (Wildman–Crippen LogP) is 4.19. The Labute approximate surface area is 241 Å². The second-order valence-corrected chi connectivity index (χ2v) is 10.9. The molecular weight excluding hydrogens is 530 g/mol. The number of hydrogen-bond acceptors (Lipinski definition) is 9. The van der Waals surface area contributed by atoms with Gasteiger partial charge in [0.1, 0.15) is 17.5 Å². The van der Waals surface area contributed by atoms with Crippen molar-refractivity contribution in [1.29, 1.82) is 0 Å². The summed E-state index contributed by atoms with van der Waals surface area (Å²) in [4.78, 5) is 37.1. The van der Waals surface area contributed by atoms with E-state index in [-0.39, 0.29) is 25.4 Å². The van der Waals surface area contributed by atoms with E-state index in [0.29, 0.717) is 13.2 Å². The van der Waals surface area contributed by atoms with E-state index in [0.717, 1.165) is 11.1 Å². The number of rotatable bonds is 14. The number of benzene rings is 2. The highest BCUT2D eigenvalue weighted by molar-refractivity contribution is 5.81. The smallest absolute Gasteiger partial charge is 0.408 e. The van der Waals surface area contributed by atoms with E-state index in [1.165, 1.54) is 14.0 Å². The zero-order valence-corrected chi connectivity index (χ0v) is 24.4. The van der Waals surface area contributed by atoms with Crippen LogP contribution in [0.4, 0.5) is 4.79 Å². The molecule has 10 nitrogen and oxygen atoms in total. The van der Waals surface area contributed by atoms with Gasteiger partial charge in [-0.15, -0.1) is 0 Å². The van der Waals surface area contributed by atoms with Gasteiger partial charge in [0.25, 0.3) is 0 Å². The lowest BCUT2D eigenvalue weighted by molar-refractivity contribution is -0.171. The maximum absolute atomic E-state index is 12.4. The first-order chi connectivity index (χ1) is 19.6. The van der Waals surface area contributed by atoms with E-state index >= 15 is 0 Å². The Balaban J connectivity index is 1.74. The fraction of sp³-hybridized carbons (Fsp3) is 0.516. The number of ketones is 1. The van der Waals surface area contributed by atoms with Crippen LogP contribution in [0.3, 0.4) is 0 Å². The number of hydrogen-bond donors (Lipinski definition) is 1. The van der Waals surface area contributed by atoms with E-state index in [9.17, 15) is 14.4 Å². The number of esters is 1. The molecule has 0 radical (unpaired) electrons. The van der Waals surface area contributed by atoms with Crippen LogP contribution in [-0.4, -0.2) is 68.3 Å². The molecule has 0 saturated carbocycles. The SMILES string of the molecule is COC(=O)[C@H](CO[C@H]1O[C@H](COCc2ccccc2)[C@H](OCc2ccccc2)[C@@H]1CC(C)=O)NC(=O)OC(C)(C)C. The highest BCUT2D eigenvalue weighted by atomic mass is 16.7. The van der Waals surface area contributed by atoms with E-state index in [4.69, 9.17) is 28.4 Å². The summed E-state index contributed by atoms with van der Waals surface area (Å²) in [5.41, 5.74) is 1.22. The van der Waals surface area contributed by atoms with E-state index in [1.807, 2.05) is 60.7 Å². The van der Waals surface area contributed by atoms with Gasteiger partial charge in [0, 0.05) is 12.3 Å². The van der Waals surface area contributed by atoms with Crippen LogP contribution in [0.25, 0.3) is 0 Å². The van der Waals surface area contributed by atoms with Crippen molar-refractivity contribution >= 4 is 17.8 Å². The normalized spacial score (nSPS) is 21.2. The minimum atomic E-state index is -1.16. The summed E-state index contributed by atoms with van der Waals surface area (Å²) in [7, 11) is 1.21. The summed E-state index contributed by atoms with van der Waals surface area (Å²) in [6.07, 6.45) is -2.65. The molecule has 1 aliphatic heterocycles. The summed E-state index contributed by atoms with van der Waals surface area (Å²) in [5.74, 6) is -1.26. The van der Waals surface area contributed by atoms with Crippen molar-refractivity contribution in [2.24, 2.45) is 5.92 Å². The van der Waals surface area contributed by atoms with Crippen LogP contribution in [0, 0.1) is 5.92 Å². The van der Waals surface area contributed by atoms with Gasteiger partial charge in [0.15, 0.2) is 12.3 Å². The Hall–Kier alpha value is -3.31. The van der Waals surface area contributed by atoms with E-state index < -0.39 is 48.1 Å². The standard InChI is InChI=1S/C31H41NO9/c1-21(33)16-24-27(38-18-23-14-10-7-11-15-23)26(20-37-17-22-12-8-6-9-13-22)40-29(24)39-19-25(28(34)36-5)32-30(35)41-31(2,3)4/h6-15,24-27,29H,16-20H2,1-5H3,(H,32,35)/t24-,25-,26+,27+,29-/m0/s1. The van der Waals surface area contributed by atoms with Crippen LogP contribution in [-0.2, 0) is 51.2 Å². The fourth-order valence-electron chi connectivity index (χ4n) is 4.44. The third-order valence-corrected chi connectivity index (χ3v) is 6.25. The second kappa shape index (κ2) is 15.6. The number of methoxy groups -OCH3 is 1. The maximum Gasteiger partial charge on any atom is 0.408 e. The molecule has 224 valence electrons. The molecular formula is C31H41NO9. The molecule has 0 aromatic heterocycles. The average molecular weight is 572 g/mol. The first-order valence-corrected chi connectivity index (χ1v) is 13.7. The summed E-state index contributed by atoms with van der Waals surface area (Å²) >= 11 is 0. The van der Waals surface area contributed by atoms with E-state index in [2.05, 4.69) is 5.32 Å². The Bertz CT molecular complexity index is 1100. The molecule has 2 aromatic carbocycles. The van der Waals surface area contributed by atoms with Crippen molar-refractivity contribution in [2.75, 3.05) is 20.3 Å². The van der Waals surface area contributed by atoms with Gasteiger partial charge in [0.2, 0.25) is 0 Å². The molecule has 5 atom stereocenters. The minimum Gasteiger partial charge on any atom is -0.467 e. The average Bonchev–Trinajstić information content (AvgIpc) is 3.24. The zero-order chi connectivity index (χ0) is 29.8. The van der Waals surface area contributed by atoms with Crippen molar-refractivity contribution in [2.45, 2.75) is 77.5 Å². The minimum absolute atomic E-state index is 0.0669. The molecule has 0 bridgehead atoms. The Kier molecular flexibility index (Phi) is 12.3. The monoisotopic (exact) mass is 571 g/mol. The third-order valence-electron chi connectivity index (χ3n) is 6.25. The number of alkyl carbamates (subject to hydrolysis) is 1. The summed E-state index contributed by atoms with van der Waals surface area (Å²) in [5, 5.41) is 2.49. The molecule has 1 N–H and O–H groups in total. The number of Topliss-reactive ketones (excluding diaryl/α,β-unsaturated/α-hetero) is 1. The quantitative estimate of drug-likeness (QED) is 0.333. The van der Waals surface area contributed by atoms with Crippen LogP contribution in [0.2, 0.25) is 0 Å². The van der Waals surface area contributed by atoms with Crippen molar-refractivity contribution in [1.82, 2.24) is 5.32 Å². The molecule has 0 aliphatic carbocycles. The lowest BCUT2D eigenvalue weighted by atomic mass is 9.95. The highest BCUT2D eigenvalue weighted by Crippen LogP contribution is 2.34. The van der Waals surface area contributed by atoms with Gasteiger partial charge in [-0.1, -0.05) is 60.7 Å². The Morgan fingerprint density at radius 3 is 2.10 bits per heavy atom. The van der Waals surface area contributed by atoms with Crippen molar-refractivity contribution in [3.63, 3.8) is 0 Å². The molecule has 1 saturated heterocycles. The number of ether oxygens (including phenoxy) is 6. The first kappa shape index (κ1) is 32.2. The molecule has 1 aliphatic rings. The topological polar surface area (TPSA) is 119 Å². The van der Waals surface area contributed by atoms with Gasteiger partial charge >= 0.3 is 12.1 Å². The number of carbonyl (C=O) groups excluding carboxylic acids is 3. The van der Waals surface area contributed by atoms with Gasteiger partial charge in [-0.05, 0) is 38.8 Å². The van der Waals surface area contributed by atoms with Gasteiger partial charge in [-0.3, -0.25) is 0 Å². The summed E-state index contributed by atoms with van der Waals surface area (Å²) < 4.78 is 34.7. The van der Waals surface area contributed by atoms with Crippen LogP contribution in [0.15, 0.2) is 60.7 Å². The summed E-state index contributed by atoms with van der Waals surface area (Å²) in [6, 6.07) is 18.3. The molecule has 1 amide bonds. The fourth-order valence-corrected chi connectivity index (χ4v) is 4.44. The number of amides is 1. The third kappa shape index (κ3) is 10.9. The van der Waals surface area contributed by atoms with Crippen molar-refractivity contribution in [3.8, 4) is 0 Å². The van der Waals surface area contributed by atoms with Crippen molar-refractivity contribution < 1.29 is 42.8 Å². The molecule has 10 heteroatoms. The molecule has 41 heavy (non-hydrogen) atoms. The molecule has 1 heterocycles. The summed E-state index contributed by atoms with van der Waals surface area (Å²) in [6.45, 7) is 7.23. The predicted molar refractivity (Wildman–Crippen MR) is 150 cm³/mol. The Morgan fingerprint density at radius 2 is 1.54 bits per heavy atom. The molecule has 2 aromatic rings. The maximum atomic E-state index is 12.4.